The van der Waals surface area contributed by atoms with Gasteiger partial charge in [-0.15, -0.1) is 0 Å². The van der Waals surface area contributed by atoms with Crippen LogP contribution in [0, 0.1) is 17.8 Å². The van der Waals surface area contributed by atoms with Crippen LogP contribution < -0.4 is 0 Å². The number of hydrogen-bond acceptors (Lipinski definition) is 12. The zero-order chi connectivity index (χ0) is 100. The van der Waals surface area contributed by atoms with Crippen LogP contribution in [0.4, 0.5) is 0 Å². The lowest BCUT2D eigenvalue weighted by Gasteiger charge is -2.40. The van der Waals surface area contributed by atoms with Crippen LogP contribution in [0.25, 0.3) is 245 Å². The number of rotatable bonds is 14. The van der Waals surface area contributed by atoms with Crippen LogP contribution in [0.3, 0.4) is 0 Å². The fraction of sp³-hybridized carbons (Fsp3) is 0.102. The largest absolute Gasteiger partial charge is 0.456 e. The number of benzene rings is 20. The minimum absolute atomic E-state index is 0.0691. The molecule has 12 nitrogen and oxygen atoms in total. The molecule has 0 saturated heterocycles. The maximum atomic E-state index is 6.69. The quantitative estimate of drug-likeness (QED) is 0.0951. The first kappa shape index (κ1) is 89.5. The molecular weight excluding hydrogens is 1820 g/mol. The normalized spacial score (nSPS) is 14.6. The van der Waals surface area contributed by atoms with E-state index in [0.717, 1.165) is 149 Å². The molecule has 29 rings (SSSR count). The van der Waals surface area contributed by atoms with Crippen molar-refractivity contribution in [2.45, 2.75) is 71.6 Å². The molecule has 3 aliphatic carbocycles. The van der Waals surface area contributed by atoms with Crippen LogP contribution in [-0.2, 0) is 16.2 Å². The fourth-order valence-corrected chi connectivity index (χ4v) is 24.4. The molecule has 149 heavy (non-hydrogen) atoms. The lowest BCUT2D eigenvalue weighted by atomic mass is 9.63. The van der Waals surface area contributed by atoms with E-state index in [1.165, 1.54) is 83.1 Å². The summed E-state index contributed by atoms with van der Waals surface area (Å²) in [6, 6.07) is 153. The molecule has 0 amide bonds. The van der Waals surface area contributed by atoms with Crippen LogP contribution >= 0.6 is 0 Å². The maximum Gasteiger partial charge on any atom is 0.164 e. The van der Waals surface area contributed by atoms with E-state index in [2.05, 4.69) is 389 Å². The molecule has 0 bridgehead atoms. The summed E-state index contributed by atoms with van der Waals surface area (Å²) in [7, 11) is 0. The molecule has 0 spiro atoms. The molecule has 710 valence electrons. The Labute approximate surface area is 862 Å². The molecule has 6 aromatic heterocycles. The third-order valence-corrected chi connectivity index (χ3v) is 32.0. The monoisotopic (exact) mass is 1920 g/mol. The van der Waals surface area contributed by atoms with Gasteiger partial charge in [0.1, 0.15) is 33.5 Å². The average molecular weight is 1920 g/mol. The highest BCUT2D eigenvalue weighted by Crippen LogP contribution is 2.60. The van der Waals surface area contributed by atoms with E-state index in [0.29, 0.717) is 70.2 Å². The first-order valence-electron chi connectivity index (χ1n) is 51.4. The van der Waals surface area contributed by atoms with E-state index in [9.17, 15) is 0 Å². The predicted molar refractivity (Wildman–Crippen MR) is 608 cm³/mol. The molecule has 6 heterocycles. The molecular formula is C137H99N9O3. The van der Waals surface area contributed by atoms with E-state index in [1.807, 2.05) is 103 Å². The van der Waals surface area contributed by atoms with Gasteiger partial charge in [0.25, 0.3) is 0 Å². The maximum absolute atomic E-state index is 6.69. The Bertz CT molecular complexity index is 9870. The third kappa shape index (κ3) is 14.6. The fourth-order valence-electron chi connectivity index (χ4n) is 24.4. The third-order valence-electron chi connectivity index (χ3n) is 32.0. The molecule has 0 radical (unpaired) electrons. The molecule has 3 aliphatic rings. The van der Waals surface area contributed by atoms with Gasteiger partial charge in [-0.2, -0.15) is 0 Å². The minimum atomic E-state index is -0.285. The predicted octanol–water partition coefficient (Wildman–Crippen LogP) is 35.3. The summed E-state index contributed by atoms with van der Waals surface area (Å²) in [5.41, 5.74) is 32.3. The van der Waals surface area contributed by atoms with Crippen LogP contribution in [0.15, 0.2) is 450 Å². The van der Waals surface area contributed by atoms with Gasteiger partial charge >= 0.3 is 0 Å². The second-order valence-electron chi connectivity index (χ2n) is 40.9. The zero-order valence-corrected chi connectivity index (χ0v) is 83.6. The van der Waals surface area contributed by atoms with Gasteiger partial charge in [0.2, 0.25) is 0 Å². The lowest BCUT2D eigenvalue weighted by Crippen LogP contribution is -2.37. The Morgan fingerprint density at radius 1 is 0.174 bits per heavy atom. The van der Waals surface area contributed by atoms with Gasteiger partial charge in [0.05, 0.1) is 0 Å². The number of fused-ring (bicyclic) bond motifs is 22. The van der Waals surface area contributed by atoms with E-state index >= 15 is 0 Å². The Morgan fingerprint density at radius 3 is 1.00 bits per heavy atom. The lowest BCUT2D eigenvalue weighted by molar-refractivity contribution is 0.280. The highest BCUT2D eigenvalue weighted by Gasteiger charge is 2.49. The molecule has 26 aromatic rings. The molecule has 2 atom stereocenters. The van der Waals surface area contributed by atoms with Crippen molar-refractivity contribution in [1.29, 1.82) is 0 Å². The van der Waals surface area contributed by atoms with Crippen molar-refractivity contribution >= 4 is 98.1 Å². The summed E-state index contributed by atoms with van der Waals surface area (Å²) in [6.07, 6.45) is 0. The Morgan fingerprint density at radius 2 is 0.503 bits per heavy atom. The molecule has 2 unspecified atom stereocenters. The molecule has 20 aromatic carbocycles. The Kier molecular flexibility index (Phi) is 21.3. The topological polar surface area (TPSA) is 155 Å². The van der Waals surface area contributed by atoms with Crippen LogP contribution in [0.5, 0.6) is 0 Å². The Balaban J connectivity index is 0.000000110. The minimum Gasteiger partial charge on any atom is -0.456 e. The highest BCUT2D eigenvalue weighted by atomic mass is 16.3. The molecule has 0 saturated carbocycles. The standard InChI is InChI=1S/C49H31N3O.C44H35N3O.C44H33N3O/c1-49(33-17-6-3-7-18-33)42-23-13-12-22-37(42)39-29-45-40(28-43(39)49)38-25-24-32(27-44(38)53-45)47-50-46(30-14-4-2-5-15-30)51-48(52-47)41-26-31-16-8-9-19-34(31)35-20-10-11-21-36(35)41;1-26(2)44(27(3)4)37-20-11-10-18-32(37)35-25-40-36(24-38(35)44)33-22-21-30(23-39(33)48-40)42-45-41(29-14-6-5-7-15-29)46-43(47-42)34-19-12-16-28-13-8-9-17-31(28)34;1-27(2)44(3)37-21-13-12-19-32(37)35-26-40-36(25-38(35)44)33-23-22-30(24-39(33)48-40)42-45-41(29-16-8-5-9-17-29)46-43(47-42)34-20-11-10-18-31(34)28-14-6-4-7-15-28/h2-29H,1H3;5-27H,1-4H3;4-27H,1-3H3. The van der Waals surface area contributed by atoms with Crippen molar-refractivity contribution < 1.29 is 13.3 Å². The highest BCUT2D eigenvalue weighted by molar-refractivity contribution is 6.15. The van der Waals surface area contributed by atoms with Crippen molar-refractivity contribution in [3.63, 3.8) is 0 Å². The van der Waals surface area contributed by atoms with Crippen molar-refractivity contribution in [3.05, 3.63) is 476 Å². The zero-order valence-electron chi connectivity index (χ0n) is 83.6. The van der Waals surface area contributed by atoms with Gasteiger partial charge in [0, 0.05) is 98.6 Å². The average Bonchev–Trinajstić information content (AvgIpc) is 1.54. The second-order valence-corrected chi connectivity index (χ2v) is 40.9. The second kappa shape index (κ2) is 35.5. The molecule has 12 heteroatoms. The first-order chi connectivity index (χ1) is 73.0. The number of aromatic nitrogens is 9. The molecule has 0 fully saturated rings. The van der Waals surface area contributed by atoms with E-state index < -0.39 is 0 Å². The summed E-state index contributed by atoms with van der Waals surface area (Å²) >= 11 is 0. The summed E-state index contributed by atoms with van der Waals surface area (Å²) < 4.78 is 20.0. The van der Waals surface area contributed by atoms with Crippen LogP contribution in [0.2, 0.25) is 0 Å². The van der Waals surface area contributed by atoms with E-state index in [4.69, 9.17) is 58.1 Å². The van der Waals surface area contributed by atoms with Gasteiger partial charge < -0.3 is 13.3 Å². The number of furan rings is 3. The van der Waals surface area contributed by atoms with Gasteiger partial charge in [-0.3, -0.25) is 0 Å². The number of nitrogens with zero attached hydrogens (tertiary/aromatic N) is 9. The van der Waals surface area contributed by atoms with Crippen molar-refractivity contribution in [1.82, 2.24) is 44.9 Å². The van der Waals surface area contributed by atoms with Gasteiger partial charge in [0.15, 0.2) is 52.4 Å². The SMILES string of the molecule is CC(C)C1(C(C)C)c2ccccc2-c2cc3oc4cc(-c5nc(-c6ccccc6)nc(-c6cccc7ccccc67)n5)ccc4c3cc21.CC(C)C1(C)c2ccccc2-c2cc3oc4cc(-c5nc(-c6ccccc6)nc(-c6ccccc6-c6ccccc6)n5)ccc4c3cc21.CC1(c2ccccc2)c2ccccc2-c2cc3oc4cc(-c5nc(-c6ccccc6)nc(-c6cc7ccccc7c7ccccc67)n5)ccc4c3cc21. The molecule has 0 aliphatic heterocycles. The Hall–Kier alpha value is -18.4. The van der Waals surface area contributed by atoms with E-state index in [1.54, 1.807) is 0 Å². The molecule has 0 N–H and O–H groups in total. The summed E-state index contributed by atoms with van der Waals surface area (Å²) in [5, 5.41) is 13.5. The summed E-state index contributed by atoms with van der Waals surface area (Å²) in [4.78, 5) is 45.6. The first-order valence-corrected chi connectivity index (χ1v) is 51.4. The van der Waals surface area contributed by atoms with Gasteiger partial charge in [-0.1, -0.05) is 406 Å². The van der Waals surface area contributed by atoms with Crippen molar-refractivity contribution in [2.24, 2.45) is 17.8 Å². The van der Waals surface area contributed by atoms with Gasteiger partial charge in [-0.25, -0.2) is 44.9 Å². The van der Waals surface area contributed by atoms with Crippen molar-refractivity contribution in [3.8, 4) is 147 Å². The summed E-state index contributed by atoms with van der Waals surface area (Å²) in [5.74, 6) is 6.93. The number of hydrogen-bond donors (Lipinski definition) is 0. The van der Waals surface area contributed by atoms with Gasteiger partial charge in [-0.05, 0) is 219 Å². The van der Waals surface area contributed by atoms with Crippen LogP contribution in [0.1, 0.15) is 94.3 Å². The smallest absolute Gasteiger partial charge is 0.164 e. The summed E-state index contributed by atoms with van der Waals surface area (Å²) in [6.45, 7) is 18.8. The van der Waals surface area contributed by atoms with Crippen molar-refractivity contribution in [2.75, 3.05) is 0 Å². The van der Waals surface area contributed by atoms with E-state index in [-0.39, 0.29) is 16.2 Å². The van der Waals surface area contributed by atoms with Crippen LogP contribution in [-0.4, -0.2) is 44.9 Å².